The predicted molar refractivity (Wildman–Crippen MR) is 83.3 cm³/mol. The van der Waals surface area contributed by atoms with Crippen LogP contribution in [-0.2, 0) is 0 Å². The minimum Gasteiger partial charge on any atom is -0.497 e. The Morgan fingerprint density at radius 3 is 2.19 bits per heavy atom. The van der Waals surface area contributed by atoms with Crippen molar-refractivity contribution in [2.75, 3.05) is 27.4 Å². The lowest BCUT2D eigenvalue weighted by Crippen LogP contribution is -2.19. The van der Waals surface area contributed by atoms with E-state index in [1.807, 2.05) is 48.5 Å². The summed E-state index contributed by atoms with van der Waals surface area (Å²) in [5, 5.41) is 0. The molecule has 2 aromatic carbocycles. The molecule has 0 saturated heterocycles. The van der Waals surface area contributed by atoms with Gasteiger partial charge in [-0.25, -0.2) is 0 Å². The second kappa shape index (κ2) is 7.55. The van der Waals surface area contributed by atoms with Crippen LogP contribution < -0.4 is 19.9 Å². The fraction of sp³-hybridized carbons (Fsp3) is 0.294. The van der Waals surface area contributed by atoms with Crippen molar-refractivity contribution in [2.24, 2.45) is 5.73 Å². The van der Waals surface area contributed by atoms with Gasteiger partial charge in [0.15, 0.2) is 0 Å². The Kier molecular flexibility index (Phi) is 5.46. The highest BCUT2D eigenvalue weighted by molar-refractivity contribution is 5.33. The van der Waals surface area contributed by atoms with Gasteiger partial charge in [0.25, 0.3) is 0 Å². The molecule has 21 heavy (non-hydrogen) atoms. The molecule has 0 radical (unpaired) electrons. The lowest BCUT2D eigenvalue weighted by molar-refractivity contribution is 0.288. The van der Waals surface area contributed by atoms with Gasteiger partial charge in [0, 0.05) is 18.5 Å². The topological polar surface area (TPSA) is 53.7 Å². The molecule has 2 rings (SSSR count). The number of nitrogens with two attached hydrogens (primary N) is 1. The molecular formula is C17H21NO3. The Morgan fingerprint density at radius 2 is 1.57 bits per heavy atom. The Hall–Kier alpha value is -2.20. The van der Waals surface area contributed by atoms with Crippen molar-refractivity contribution in [2.45, 2.75) is 5.92 Å². The molecule has 2 aromatic rings. The molecule has 0 aliphatic heterocycles. The number of rotatable bonds is 7. The maximum Gasteiger partial charge on any atom is 0.123 e. The van der Waals surface area contributed by atoms with Gasteiger partial charge in [-0.1, -0.05) is 18.2 Å². The van der Waals surface area contributed by atoms with Crippen molar-refractivity contribution in [3.8, 4) is 17.2 Å². The van der Waals surface area contributed by atoms with Gasteiger partial charge in [0.05, 0.1) is 20.8 Å². The van der Waals surface area contributed by atoms with Crippen molar-refractivity contribution >= 4 is 0 Å². The average molecular weight is 287 g/mol. The van der Waals surface area contributed by atoms with Crippen LogP contribution in [0.15, 0.2) is 48.5 Å². The smallest absolute Gasteiger partial charge is 0.123 e. The van der Waals surface area contributed by atoms with Gasteiger partial charge < -0.3 is 19.9 Å². The number of hydrogen-bond donors (Lipinski definition) is 1. The minimum absolute atomic E-state index is 0.141. The SMILES string of the molecule is COc1ccc(C(CN)COc2cccc(OC)c2)cc1. The van der Waals surface area contributed by atoms with Crippen LogP contribution in [0.4, 0.5) is 0 Å². The molecule has 0 bridgehead atoms. The Morgan fingerprint density at radius 1 is 0.905 bits per heavy atom. The molecule has 1 atom stereocenters. The normalized spacial score (nSPS) is 11.8. The summed E-state index contributed by atoms with van der Waals surface area (Å²) in [6.45, 7) is 1.05. The van der Waals surface area contributed by atoms with Gasteiger partial charge >= 0.3 is 0 Å². The Labute approximate surface area is 125 Å². The van der Waals surface area contributed by atoms with E-state index in [0.717, 1.165) is 22.8 Å². The molecule has 0 fully saturated rings. The maximum atomic E-state index is 5.86. The number of hydrogen-bond acceptors (Lipinski definition) is 4. The molecule has 0 aliphatic carbocycles. The maximum absolute atomic E-state index is 5.86. The lowest BCUT2D eigenvalue weighted by atomic mass is 10.0. The van der Waals surface area contributed by atoms with Crippen LogP contribution in [-0.4, -0.2) is 27.4 Å². The lowest BCUT2D eigenvalue weighted by Gasteiger charge is -2.17. The zero-order valence-electron chi connectivity index (χ0n) is 12.4. The second-order valence-corrected chi connectivity index (χ2v) is 4.70. The van der Waals surface area contributed by atoms with E-state index in [-0.39, 0.29) is 5.92 Å². The first-order valence-corrected chi connectivity index (χ1v) is 6.87. The summed E-state index contributed by atoms with van der Waals surface area (Å²) in [6, 6.07) is 15.5. The monoisotopic (exact) mass is 287 g/mol. The van der Waals surface area contributed by atoms with Crippen molar-refractivity contribution in [3.05, 3.63) is 54.1 Å². The highest BCUT2D eigenvalue weighted by atomic mass is 16.5. The molecule has 112 valence electrons. The molecule has 0 saturated carbocycles. The molecule has 0 spiro atoms. The third kappa shape index (κ3) is 4.13. The first kappa shape index (κ1) is 15.2. The summed E-state index contributed by atoms with van der Waals surface area (Å²) in [5.74, 6) is 2.54. The predicted octanol–water partition coefficient (Wildman–Crippen LogP) is 2.83. The third-order valence-electron chi connectivity index (χ3n) is 3.36. The van der Waals surface area contributed by atoms with Crippen molar-refractivity contribution in [1.82, 2.24) is 0 Å². The van der Waals surface area contributed by atoms with E-state index in [1.165, 1.54) is 0 Å². The Balaban J connectivity index is 2.01. The molecular weight excluding hydrogens is 266 g/mol. The molecule has 0 amide bonds. The molecule has 0 aliphatic rings. The Bertz CT molecular complexity index is 554. The molecule has 4 nitrogen and oxygen atoms in total. The average Bonchev–Trinajstić information content (AvgIpc) is 2.56. The van der Waals surface area contributed by atoms with Crippen LogP contribution in [0.25, 0.3) is 0 Å². The number of methoxy groups -OCH3 is 2. The van der Waals surface area contributed by atoms with Gasteiger partial charge in [-0.05, 0) is 29.8 Å². The quantitative estimate of drug-likeness (QED) is 0.851. The largest absolute Gasteiger partial charge is 0.497 e. The molecule has 2 N–H and O–H groups in total. The van der Waals surface area contributed by atoms with Crippen LogP contribution >= 0.6 is 0 Å². The highest BCUT2D eigenvalue weighted by Crippen LogP contribution is 2.23. The van der Waals surface area contributed by atoms with E-state index in [9.17, 15) is 0 Å². The van der Waals surface area contributed by atoms with E-state index in [4.69, 9.17) is 19.9 Å². The zero-order chi connectivity index (χ0) is 15.1. The third-order valence-corrected chi connectivity index (χ3v) is 3.36. The van der Waals surface area contributed by atoms with Gasteiger partial charge in [-0.15, -0.1) is 0 Å². The van der Waals surface area contributed by atoms with Crippen molar-refractivity contribution < 1.29 is 14.2 Å². The summed E-state index contributed by atoms with van der Waals surface area (Å²) in [7, 11) is 3.29. The van der Waals surface area contributed by atoms with Gasteiger partial charge in [0.2, 0.25) is 0 Å². The summed E-state index contributed by atoms with van der Waals surface area (Å²) < 4.78 is 16.2. The van der Waals surface area contributed by atoms with Crippen LogP contribution in [0, 0.1) is 0 Å². The molecule has 0 heterocycles. The van der Waals surface area contributed by atoms with Crippen LogP contribution in [0.3, 0.4) is 0 Å². The van der Waals surface area contributed by atoms with E-state index in [2.05, 4.69) is 0 Å². The van der Waals surface area contributed by atoms with Crippen LogP contribution in [0.5, 0.6) is 17.2 Å². The number of ether oxygens (including phenoxy) is 3. The van der Waals surface area contributed by atoms with Gasteiger partial charge in [0.1, 0.15) is 17.2 Å². The second-order valence-electron chi connectivity index (χ2n) is 4.70. The summed E-state index contributed by atoms with van der Waals surface area (Å²) >= 11 is 0. The van der Waals surface area contributed by atoms with Crippen LogP contribution in [0.1, 0.15) is 11.5 Å². The first-order chi connectivity index (χ1) is 10.3. The fourth-order valence-electron chi connectivity index (χ4n) is 2.06. The van der Waals surface area contributed by atoms with Crippen molar-refractivity contribution in [3.63, 3.8) is 0 Å². The summed E-state index contributed by atoms with van der Waals surface area (Å²) in [6.07, 6.45) is 0. The zero-order valence-corrected chi connectivity index (χ0v) is 12.4. The fourth-order valence-corrected chi connectivity index (χ4v) is 2.06. The molecule has 1 unspecified atom stereocenters. The standard InChI is InChI=1S/C17H21NO3/c1-19-15-8-6-13(7-9-15)14(11-18)12-21-17-5-3-4-16(10-17)20-2/h3-10,14H,11-12,18H2,1-2H3. The first-order valence-electron chi connectivity index (χ1n) is 6.87. The van der Waals surface area contributed by atoms with E-state index < -0.39 is 0 Å². The van der Waals surface area contributed by atoms with Crippen LogP contribution in [0.2, 0.25) is 0 Å². The number of benzene rings is 2. The van der Waals surface area contributed by atoms with Gasteiger partial charge in [-0.3, -0.25) is 0 Å². The molecule has 4 heteroatoms. The summed E-state index contributed by atoms with van der Waals surface area (Å²) in [5.41, 5.74) is 7.00. The van der Waals surface area contributed by atoms with E-state index in [1.54, 1.807) is 14.2 Å². The van der Waals surface area contributed by atoms with Crippen molar-refractivity contribution in [1.29, 1.82) is 0 Å². The van der Waals surface area contributed by atoms with Gasteiger partial charge in [-0.2, -0.15) is 0 Å². The van der Waals surface area contributed by atoms with E-state index >= 15 is 0 Å². The molecule has 0 aromatic heterocycles. The summed E-state index contributed by atoms with van der Waals surface area (Å²) in [4.78, 5) is 0. The van der Waals surface area contributed by atoms with E-state index in [0.29, 0.717) is 13.2 Å². The highest BCUT2D eigenvalue weighted by Gasteiger charge is 2.11. The minimum atomic E-state index is 0.141.